The third-order valence-corrected chi connectivity index (χ3v) is 8.46. The molecule has 2 saturated carbocycles. The summed E-state index contributed by atoms with van der Waals surface area (Å²) < 4.78 is 13.5. The molecule has 1 aliphatic heterocycles. The molecule has 2 fully saturated rings. The van der Waals surface area contributed by atoms with Crippen LogP contribution < -0.4 is 5.73 Å². The number of halogens is 2. The lowest BCUT2D eigenvalue weighted by atomic mass is 9.82. The number of carboxylic acid groups (broad SMARTS) is 2. The number of hydrogen-bond acceptors (Lipinski definition) is 7. The van der Waals surface area contributed by atoms with Gasteiger partial charge in [-0.3, -0.25) is 14.6 Å². The van der Waals surface area contributed by atoms with Crippen LogP contribution in [0.3, 0.4) is 0 Å². The Morgan fingerprint density at radius 2 is 2.10 bits per heavy atom. The predicted molar refractivity (Wildman–Crippen MR) is 117 cm³/mol. The molecule has 1 aromatic rings. The number of amidine groups is 1. The smallest absolute Gasteiger partial charge is 0.324 e. The molecule has 0 amide bonds. The zero-order chi connectivity index (χ0) is 20.9. The van der Waals surface area contributed by atoms with Crippen LogP contribution >= 0.6 is 35.9 Å². The van der Waals surface area contributed by atoms with Gasteiger partial charge in [-0.1, -0.05) is 11.8 Å². The number of nitrogens with zero attached hydrogens (tertiary/aromatic N) is 2. The van der Waals surface area contributed by atoms with E-state index in [1.54, 1.807) is 25.3 Å². The number of rotatable bonds is 6. The van der Waals surface area contributed by atoms with Crippen molar-refractivity contribution in [3.05, 3.63) is 29.6 Å². The van der Waals surface area contributed by atoms with Crippen LogP contribution in [0, 0.1) is 36.4 Å². The van der Waals surface area contributed by atoms with Gasteiger partial charge in [-0.15, -0.1) is 24.2 Å². The molecule has 0 aromatic heterocycles. The van der Waals surface area contributed by atoms with Gasteiger partial charge in [-0.25, -0.2) is 9.38 Å². The van der Waals surface area contributed by atoms with Gasteiger partial charge in [-0.05, 0) is 36.6 Å². The molecule has 0 bridgehead atoms. The van der Waals surface area contributed by atoms with Crippen molar-refractivity contribution in [3.63, 3.8) is 0 Å². The summed E-state index contributed by atoms with van der Waals surface area (Å²) >= 11 is 2.73. The lowest BCUT2D eigenvalue weighted by Gasteiger charge is -2.34. The molecule has 4 N–H and O–H groups in total. The van der Waals surface area contributed by atoms with Crippen molar-refractivity contribution in [2.75, 3.05) is 12.3 Å². The zero-order valence-corrected chi connectivity index (χ0v) is 18.3. The van der Waals surface area contributed by atoms with Gasteiger partial charge < -0.3 is 15.9 Å². The van der Waals surface area contributed by atoms with E-state index in [0.29, 0.717) is 23.0 Å². The number of fused-ring (bicyclic) bond motifs is 1. The van der Waals surface area contributed by atoms with Gasteiger partial charge >= 0.3 is 11.9 Å². The maximum atomic E-state index is 13.5. The van der Waals surface area contributed by atoms with Crippen molar-refractivity contribution in [1.82, 2.24) is 0 Å². The highest BCUT2D eigenvalue weighted by atomic mass is 35.5. The number of aryl methyl sites for hydroxylation is 1. The van der Waals surface area contributed by atoms with Crippen LogP contribution in [-0.2, 0) is 9.59 Å². The second-order valence-corrected chi connectivity index (χ2v) is 9.79. The van der Waals surface area contributed by atoms with Crippen LogP contribution in [0.4, 0.5) is 4.39 Å². The zero-order valence-electron chi connectivity index (χ0n) is 15.9. The van der Waals surface area contributed by atoms with E-state index in [4.69, 9.17) is 5.73 Å². The van der Waals surface area contributed by atoms with Crippen LogP contribution in [0.2, 0.25) is 0 Å². The van der Waals surface area contributed by atoms with E-state index >= 15 is 0 Å². The molecule has 0 unspecified atom stereocenters. The SMILES string of the molecule is Cc1cc(SC[C@@H]2[C@@H](SC3=NCC=N3)[C@H]3[C@H](C(=O)O)[C@H]3[C@]2(N)C(=O)O)ccc1F.Cl. The van der Waals surface area contributed by atoms with E-state index in [9.17, 15) is 24.2 Å². The third-order valence-electron chi connectivity index (χ3n) is 5.98. The highest BCUT2D eigenvalue weighted by molar-refractivity contribution is 8.14. The summed E-state index contributed by atoms with van der Waals surface area (Å²) in [6.45, 7) is 2.13. The fraction of sp³-hybridized carbons (Fsp3) is 0.474. The van der Waals surface area contributed by atoms with E-state index in [2.05, 4.69) is 9.98 Å². The average Bonchev–Trinajstić information content (AvgIpc) is 3.12. The fourth-order valence-electron chi connectivity index (χ4n) is 4.52. The lowest BCUT2D eigenvalue weighted by molar-refractivity contribution is -0.146. The molecule has 0 saturated heterocycles. The third kappa shape index (κ3) is 3.74. The first-order valence-electron chi connectivity index (χ1n) is 9.12. The summed E-state index contributed by atoms with van der Waals surface area (Å²) in [4.78, 5) is 33.1. The van der Waals surface area contributed by atoms with Gasteiger partial charge in [0, 0.05) is 33.9 Å². The Kier molecular flexibility index (Phi) is 6.52. The number of hydrogen-bond donors (Lipinski definition) is 3. The molecule has 6 atom stereocenters. The van der Waals surface area contributed by atoms with Crippen molar-refractivity contribution in [1.29, 1.82) is 0 Å². The number of aliphatic carboxylic acids is 2. The molecular weight excluding hydrogens is 453 g/mol. The van der Waals surface area contributed by atoms with Crippen LogP contribution in [0.5, 0.6) is 0 Å². The maximum Gasteiger partial charge on any atom is 0.324 e. The van der Waals surface area contributed by atoms with Crippen molar-refractivity contribution in [2.24, 2.45) is 39.4 Å². The molecular formula is C19H21ClFN3O4S2. The van der Waals surface area contributed by atoms with E-state index in [0.717, 1.165) is 4.90 Å². The summed E-state index contributed by atoms with van der Waals surface area (Å²) in [6, 6.07) is 4.74. The van der Waals surface area contributed by atoms with Crippen LogP contribution in [0.25, 0.3) is 0 Å². The molecule has 7 nitrogen and oxygen atoms in total. The second-order valence-electron chi connectivity index (χ2n) is 7.55. The van der Waals surface area contributed by atoms with E-state index < -0.39 is 35.2 Å². The maximum absolute atomic E-state index is 13.5. The Morgan fingerprint density at radius 1 is 1.37 bits per heavy atom. The highest BCUT2D eigenvalue weighted by Gasteiger charge is 2.77. The molecule has 30 heavy (non-hydrogen) atoms. The number of aliphatic imine (C=N–C) groups is 2. The Hall–Kier alpha value is -1.62. The second kappa shape index (κ2) is 8.49. The predicted octanol–water partition coefficient (Wildman–Crippen LogP) is 2.55. The highest BCUT2D eigenvalue weighted by Crippen LogP contribution is 2.67. The Bertz CT molecular complexity index is 946. The largest absolute Gasteiger partial charge is 0.481 e. The number of benzene rings is 1. The molecule has 2 aliphatic carbocycles. The quantitative estimate of drug-likeness (QED) is 0.542. The van der Waals surface area contributed by atoms with Gasteiger partial charge in [0.15, 0.2) is 5.17 Å². The molecule has 0 radical (unpaired) electrons. The normalized spacial score (nSPS) is 33.6. The number of thioether (sulfide) groups is 2. The van der Waals surface area contributed by atoms with Gasteiger partial charge in [0.25, 0.3) is 0 Å². The van der Waals surface area contributed by atoms with Crippen molar-refractivity contribution < 1.29 is 24.2 Å². The summed E-state index contributed by atoms with van der Waals surface area (Å²) in [7, 11) is 0. The number of carboxylic acids is 2. The van der Waals surface area contributed by atoms with Crippen LogP contribution in [0.1, 0.15) is 5.56 Å². The molecule has 3 aliphatic rings. The summed E-state index contributed by atoms with van der Waals surface area (Å²) in [5.41, 5.74) is 5.28. The Balaban J connectivity index is 0.00000256. The first kappa shape index (κ1) is 23.1. The van der Waals surface area contributed by atoms with Gasteiger partial charge in [0.2, 0.25) is 0 Å². The van der Waals surface area contributed by atoms with Crippen LogP contribution in [-0.4, -0.2) is 56.6 Å². The average molecular weight is 474 g/mol. The van der Waals surface area contributed by atoms with Gasteiger partial charge in [0.05, 0.1) is 12.5 Å². The Morgan fingerprint density at radius 3 is 2.67 bits per heavy atom. The minimum Gasteiger partial charge on any atom is -0.481 e. The van der Waals surface area contributed by atoms with E-state index in [1.165, 1.54) is 29.6 Å². The molecule has 1 heterocycles. The standard InChI is InChI=1S/C19H20FN3O4S2.ClH/c1-8-6-9(2-3-11(8)20)28-7-10-15(29-18-22-4-5-23-18)12-13(16(24)25)14(12)19(10,21)17(26)27;/h2-4,6,10,12-15H,5,7,21H2,1H3,(H,24,25)(H,26,27);1H/t10-,12+,13+,14+,15-,19+;/m1./s1. The lowest BCUT2D eigenvalue weighted by Crippen LogP contribution is -2.57. The Labute approximate surface area is 187 Å². The fourth-order valence-corrected chi connectivity index (χ4v) is 7.43. The van der Waals surface area contributed by atoms with E-state index in [-0.39, 0.29) is 29.4 Å². The topological polar surface area (TPSA) is 125 Å². The number of nitrogens with two attached hydrogens (primary N) is 1. The molecule has 11 heteroatoms. The van der Waals surface area contributed by atoms with Crippen molar-refractivity contribution in [2.45, 2.75) is 22.6 Å². The van der Waals surface area contributed by atoms with Crippen molar-refractivity contribution >= 4 is 59.3 Å². The minimum absolute atomic E-state index is 0. The summed E-state index contributed by atoms with van der Waals surface area (Å²) in [6.07, 6.45) is 1.66. The monoisotopic (exact) mass is 473 g/mol. The van der Waals surface area contributed by atoms with Crippen molar-refractivity contribution in [3.8, 4) is 0 Å². The minimum atomic E-state index is -1.64. The molecule has 0 spiro atoms. The molecule has 4 rings (SSSR count). The molecule has 1 aromatic carbocycles. The molecule has 162 valence electrons. The van der Waals surface area contributed by atoms with Crippen LogP contribution in [0.15, 0.2) is 33.1 Å². The first-order valence-corrected chi connectivity index (χ1v) is 11.0. The van der Waals surface area contributed by atoms with Gasteiger partial charge in [0.1, 0.15) is 11.4 Å². The first-order chi connectivity index (χ1) is 13.7. The van der Waals surface area contributed by atoms with Gasteiger partial charge in [-0.2, -0.15) is 0 Å². The number of carbonyl (C=O) groups is 2. The van der Waals surface area contributed by atoms with E-state index in [1.807, 2.05) is 0 Å². The summed E-state index contributed by atoms with van der Waals surface area (Å²) in [5, 5.41) is 19.7. The summed E-state index contributed by atoms with van der Waals surface area (Å²) in [5.74, 6) is -4.33.